The smallest absolute Gasteiger partial charge is 0.222 e. The molecule has 4 saturated heterocycles. The maximum absolute atomic E-state index is 13.1. The topological polar surface area (TPSA) is 53.0 Å². The number of ether oxygens (including phenoxy) is 1. The zero-order valence-corrected chi connectivity index (χ0v) is 16.3. The Balaban J connectivity index is 1.50. The summed E-state index contributed by atoms with van der Waals surface area (Å²) in [5.41, 5.74) is 1.17. The molecule has 0 saturated carbocycles. The van der Waals surface area contributed by atoms with E-state index in [1.807, 2.05) is 12.1 Å². The van der Waals surface area contributed by atoms with Crippen LogP contribution >= 0.6 is 0 Å². The summed E-state index contributed by atoms with van der Waals surface area (Å²) in [6.45, 7) is 3.88. The number of hydrogen-bond acceptors (Lipinski definition) is 4. The summed E-state index contributed by atoms with van der Waals surface area (Å²) in [4.78, 5) is 17.9. The van der Waals surface area contributed by atoms with Crippen LogP contribution in [0.4, 0.5) is 0 Å². The maximum atomic E-state index is 13.1. The molecule has 2 bridgehead atoms. The number of piperidine rings is 3. The van der Waals surface area contributed by atoms with Crippen molar-refractivity contribution in [2.75, 3.05) is 33.4 Å². The van der Waals surface area contributed by atoms with Gasteiger partial charge in [-0.2, -0.15) is 0 Å². The van der Waals surface area contributed by atoms with Crippen LogP contribution in [0, 0.1) is 5.92 Å². The van der Waals surface area contributed by atoms with E-state index in [1.54, 1.807) is 13.2 Å². The summed E-state index contributed by atoms with van der Waals surface area (Å²) in [6, 6.07) is 8.43. The van der Waals surface area contributed by atoms with E-state index < -0.39 is 0 Å². The Bertz CT molecular complexity index is 657. The van der Waals surface area contributed by atoms with Crippen LogP contribution in [-0.2, 0) is 9.53 Å². The average molecular weight is 373 g/mol. The Morgan fingerprint density at radius 2 is 2.00 bits per heavy atom. The third-order valence-electron chi connectivity index (χ3n) is 6.85. The van der Waals surface area contributed by atoms with Crippen molar-refractivity contribution in [3.63, 3.8) is 0 Å². The van der Waals surface area contributed by atoms with Crippen molar-refractivity contribution in [2.45, 2.75) is 56.5 Å². The van der Waals surface area contributed by atoms with Crippen LogP contribution in [0.5, 0.6) is 5.75 Å². The first-order chi connectivity index (χ1) is 13.2. The highest BCUT2D eigenvalue weighted by atomic mass is 16.5. The molecule has 4 aliphatic rings. The molecule has 5 rings (SSSR count). The highest BCUT2D eigenvalue weighted by Crippen LogP contribution is 2.47. The minimum absolute atomic E-state index is 0.308. The van der Waals surface area contributed by atoms with Gasteiger partial charge in [-0.3, -0.25) is 9.69 Å². The van der Waals surface area contributed by atoms with Crippen LogP contribution in [0.3, 0.4) is 0 Å². The first-order valence-corrected chi connectivity index (χ1v) is 10.5. The van der Waals surface area contributed by atoms with Gasteiger partial charge in [0.25, 0.3) is 0 Å². The second kappa shape index (κ2) is 8.19. The molecule has 0 aliphatic carbocycles. The number of nitrogens with zero attached hydrogens (tertiary/aromatic N) is 2. The molecule has 4 heterocycles. The van der Waals surface area contributed by atoms with E-state index in [0.717, 1.165) is 45.5 Å². The van der Waals surface area contributed by atoms with Gasteiger partial charge in [0, 0.05) is 38.6 Å². The van der Waals surface area contributed by atoms with Crippen LogP contribution in [0.1, 0.15) is 50.0 Å². The van der Waals surface area contributed by atoms with Crippen molar-refractivity contribution in [1.29, 1.82) is 0 Å². The Morgan fingerprint density at radius 1 is 1.19 bits per heavy atom. The van der Waals surface area contributed by atoms with Gasteiger partial charge in [0.15, 0.2) is 0 Å². The molecule has 0 unspecified atom stereocenters. The summed E-state index contributed by atoms with van der Waals surface area (Å²) in [6.07, 6.45) is 6.09. The third kappa shape index (κ3) is 3.72. The number of carbonyl (C=O) groups is 1. The molecule has 4 fully saturated rings. The number of likely N-dealkylation sites (tertiary alicyclic amines) is 1. The van der Waals surface area contributed by atoms with E-state index in [1.165, 1.54) is 18.4 Å². The summed E-state index contributed by atoms with van der Waals surface area (Å²) in [5, 5.41) is 9.96. The van der Waals surface area contributed by atoms with E-state index >= 15 is 0 Å². The predicted molar refractivity (Wildman–Crippen MR) is 105 cm³/mol. The SMILES string of the molecule is COCCCCCC(=O)N1C[C@H](c2cccc(O)c2)[C@H]2[C@@H]1C1CCN2CC1. The first kappa shape index (κ1) is 18.8. The van der Waals surface area contributed by atoms with Crippen molar-refractivity contribution >= 4 is 5.91 Å². The number of carbonyl (C=O) groups excluding carboxylic acids is 1. The first-order valence-electron chi connectivity index (χ1n) is 10.5. The Hall–Kier alpha value is -1.59. The Labute approximate surface area is 162 Å². The van der Waals surface area contributed by atoms with E-state index in [-0.39, 0.29) is 0 Å². The third-order valence-corrected chi connectivity index (χ3v) is 6.85. The summed E-state index contributed by atoms with van der Waals surface area (Å²) >= 11 is 0. The fourth-order valence-electron chi connectivity index (χ4n) is 5.60. The number of unbranched alkanes of at least 4 members (excludes halogenated alkanes) is 2. The monoisotopic (exact) mass is 372 g/mol. The highest BCUT2D eigenvalue weighted by molar-refractivity contribution is 5.77. The molecule has 5 heteroatoms. The lowest BCUT2D eigenvalue weighted by Gasteiger charge is -2.51. The Kier molecular flexibility index (Phi) is 5.69. The molecule has 148 valence electrons. The molecular weight excluding hydrogens is 340 g/mol. The minimum atomic E-state index is 0.308. The number of hydrogen-bond donors (Lipinski definition) is 1. The quantitative estimate of drug-likeness (QED) is 0.748. The lowest BCUT2D eigenvalue weighted by molar-refractivity contribution is -0.136. The average Bonchev–Trinajstić information content (AvgIpc) is 3.12. The molecule has 1 amide bonds. The van der Waals surface area contributed by atoms with Crippen LogP contribution in [-0.4, -0.2) is 66.2 Å². The fourth-order valence-corrected chi connectivity index (χ4v) is 5.60. The van der Waals surface area contributed by atoms with Crippen molar-refractivity contribution in [1.82, 2.24) is 9.80 Å². The van der Waals surface area contributed by atoms with Crippen molar-refractivity contribution in [2.24, 2.45) is 5.92 Å². The van der Waals surface area contributed by atoms with Gasteiger partial charge in [0.05, 0.1) is 6.04 Å². The zero-order valence-electron chi connectivity index (χ0n) is 16.3. The molecule has 4 aliphatic heterocycles. The van der Waals surface area contributed by atoms with Gasteiger partial charge < -0.3 is 14.7 Å². The predicted octanol–water partition coefficient (Wildman–Crippen LogP) is 2.99. The number of methoxy groups -OCH3 is 1. The highest BCUT2D eigenvalue weighted by Gasteiger charge is 2.54. The normalized spacial score (nSPS) is 31.9. The fraction of sp³-hybridized carbons (Fsp3) is 0.682. The number of fused-ring (bicyclic) bond motifs is 2. The number of phenolic OH excluding ortho intramolecular Hbond substituents is 1. The second-order valence-electron chi connectivity index (χ2n) is 8.41. The molecular formula is C22H32N2O3. The van der Waals surface area contributed by atoms with Gasteiger partial charge in [0.2, 0.25) is 5.91 Å². The van der Waals surface area contributed by atoms with E-state index in [0.29, 0.717) is 42.0 Å². The van der Waals surface area contributed by atoms with Crippen LogP contribution in [0.25, 0.3) is 0 Å². The number of rotatable bonds is 7. The molecule has 27 heavy (non-hydrogen) atoms. The molecule has 1 N–H and O–H groups in total. The largest absolute Gasteiger partial charge is 0.508 e. The molecule has 1 aromatic carbocycles. The Morgan fingerprint density at radius 3 is 2.74 bits per heavy atom. The number of benzene rings is 1. The van der Waals surface area contributed by atoms with Gasteiger partial charge in [-0.1, -0.05) is 18.6 Å². The van der Waals surface area contributed by atoms with E-state index in [4.69, 9.17) is 4.74 Å². The van der Waals surface area contributed by atoms with Gasteiger partial charge in [-0.15, -0.1) is 0 Å². The van der Waals surface area contributed by atoms with Gasteiger partial charge in [-0.25, -0.2) is 0 Å². The van der Waals surface area contributed by atoms with Crippen LogP contribution < -0.4 is 0 Å². The number of aromatic hydroxyl groups is 1. The molecule has 0 radical (unpaired) electrons. The second-order valence-corrected chi connectivity index (χ2v) is 8.41. The zero-order chi connectivity index (χ0) is 18.8. The minimum Gasteiger partial charge on any atom is -0.508 e. The lowest BCUT2D eigenvalue weighted by Crippen LogP contribution is -2.60. The van der Waals surface area contributed by atoms with Crippen LogP contribution in [0.15, 0.2) is 24.3 Å². The number of phenols is 1. The van der Waals surface area contributed by atoms with Gasteiger partial charge >= 0.3 is 0 Å². The van der Waals surface area contributed by atoms with Crippen molar-refractivity contribution < 1.29 is 14.6 Å². The summed E-state index contributed by atoms with van der Waals surface area (Å²) in [7, 11) is 1.73. The maximum Gasteiger partial charge on any atom is 0.222 e. The molecule has 0 aromatic heterocycles. The van der Waals surface area contributed by atoms with Gasteiger partial charge in [-0.05, 0) is 62.4 Å². The standard InChI is InChI=1S/C22H32N2O3/c1-27-13-4-2-3-8-20(26)24-15-19(17-6-5-7-18(25)14-17)22-21(24)16-9-11-23(22)12-10-16/h5-7,14,16,19,21-22,25H,2-4,8-13,15H2,1H3/t19-,21+,22+/m1/s1. The summed E-state index contributed by atoms with van der Waals surface area (Å²) < 4.78 is 5.10. The molecule has 5 nitrogen and oxygen atoms in total. The van der Waals surface area contributed by atoms with Crippen molar-refractivity contribution in [3.8, 4) is 5.75 Å². The number of amides is 1. The van der Waals surface area contributed by atoms with Gasteiger partial charge in [0.1, 0.15) is 5.75 Å². The van der Waals surface area contributed by atoms with Crippen molar-refractivity contribution in [3.05, 3.63) is 29.8 Å². The van der Waals surface area contributed by atoms with E-state index in [2.05, 4.69) is 15.9 Å². The van der Waals surface area contributed by atoms with E-state index in [9.17, 15) is 9.90 Å². The summed E-state index contributed by atoms with van der Waals surface area (Å²) in [5.74, 6) is 1.59. The molecule has 3 atom stereocenters. The molecule has 0 spiro atoms. The van der Waals surface area contributed by atoms with Crippen LogP contribution in [0.2, 0.25) is 0 Å². The molecule has 1 aromatic rings. The lowest BCUT2D eigenvalue weighted by atomic mass is 9.75.